The van der Waals surface area contributed by atoms with Gasteiger partial charge < -0.3 is 17.2 Å². The molecule has 0 amide bonds. The number of aromatic nitrogens is 2. The second-order valence-corrected chi connectivity index (χ2v) is 5.93. The Kier molecular flexibility index (Phi) is 4.54. The zero-order chi connectivity index (χ0) is 18.0. The minimum Gasteiger partial charge on any atom is -0.396 e. The molecule has 25 heavy (non-hydrogen) atoms. The van der Waals surface area contributed by atoms with Crippen molar-refractivity contribution in [3.05, 3.63) is 70.6 Å². The molecule has 0 aliphatic carbocycles. The van der Waals surface area contributed by atoms with E-state index in [4.69, 9.17) is 28.8 Å². The van der Waals surface area contributed by atoms with E-state index in [2.05, 4.69) is 15.0 Å². The number of fused-ring (bicyclic) bond motifs is 1. The van der Waals surface area contributed by atoms with E-state index < -0.39 is 0 Å². The van der Waals surface area contributed by atoms with Gasteiger partial charge in [0.05, 0.1) is 16.9 Å². The molecule has 0 radical (unpaired) electrons. The Morgan fingerprint density at radius 1 is 0.960 bits per heavy atom. The first kappa shape index (κ1) is 16.7. The molecular weight excluding hydrogens is 336 g/mol. The maximum absolute atomic E-state index is 6.39. The Morgan fingerprint density at radius 3 is 2.32 bits per heavy atom. The summed E-state index contributed by atoms with van der Waals surface area (Å²) in [5, 5.41) is 1.54. The van der Waals surface area contributed by atoms with Gasteiger partial charge in [0.15, 0.2) is 5.96 Å². The lowest BCUT2D eigenvalue weighted by molar-refractivity contribution is 1.15. The molecule has 0 spiro atoms. The molecule has 3 rings (SSSR count). The van der Waals surface area contributed by atoms with Gasteiger partial charge in [-0.15, -0.1) is 0 Å². The molecule has 0 atom stereocenters. The molecule has 2 aromatic carbocycles. The highest BCUT2D eigenvalue weighted by molar-refractivity contribution is 6.30. The van der Waals surface area contributed by atoms with Gasteiger partial charge in [-0.2, -0.15) is 0 Å². The smallest absolute Gasteiger partial charge is 0.191 e. The predicted octanol–water partition coefficient (Wildman–Crippen LogP) is 2.65. The molecule has 0 aliphatic heterocycles. The van der Waals surface area contributed by atoms with E-state index >= 15 is 0 Å². The third-order valence-electron chi connectivity index (χ3n) is 3.76. The van der Waals surface area contributed by atoms with Crippen LogP contribution in [0.25, 0.3) is 22.3 Å². The molecule has 126 valence electrons. The van der Waals surface area contributed by atoms with Crippen LogP contribution in [-0.2, 0) is 0 Å². The fourth-order valence-corrected chi connectivity index (χ4v) is 2.63. The Morgan fingerprint density at radius 2 is 1.64 bits per heavy atom. The van der Waals surface area contributed by atoms with Crippen molar-refractivity contribution >= 4 is 39.9 Å². The van der Waals surface area contributed by atoms with Crippen LogP contribution in [0.4, 0.5) is 0 Å². The van der Waals surface area contributed by atoms with Crippen molar-refractivity contribution in [1.29, 1.82) is 0 Å². The number of hydrogen-bond acceptors (Lipinski definition) is 4. The summed E-state index contributed by atoms with van der Waals surface area (Å²) in [7, 11) is 0. The normalized spacial score (nSPS) is 11.9. The fourth-order valence-electron chi connectivity index (χ4n) is 2.51. The van der Waals surface area contributed by atoms with Crippen molar-refractivity contribution in [1.82, 2.24) is 9.97 Å². The number of aliphatic imine (C=N–C) groups is 1. The molecule has 7 heteroatoms. The van der Waals surface area contributed by atoms with Gasteiger partial charge in [-0.25, -0.2) is 15.0 Å². The summed E-state index contributed by atoms with van der Waals surface area (Å²) in [6, 6.07) is 12.8. The van der Waals surface area contributed by atoms with E-state index in [-0.39, 0.29) is 5.96 Å². The fraction of sp³-hybridized carbons (Fsp3) is 0.0556. The first-order chi connectivity index (χ1) is 12.0. The lowest BCUT2D eigenvalue weighted by atomic mass is 10.0. The third kappa shape index (κ3) is 3.54. The Labute approximate surface area is 150 Å². The number of guanidine groups is 1. The summed E-state index contributed by atoms with van der Waals surface area (Å²) >= 11 is 5.96. The number of aryl methyl sites for hydroxylation is 1. The molecule has 0 fully saturated rings. The van der Waals surface area contributed by atoms with Crippen molar-refractivity contribution < 1.29 is 0 Å². The van der Waals surface area contributed by atoms with Gasteiger partial charge in [0, 0.05) is 27.2 Å². The molecule has 0 unspecified atom stereocenters. The minimum atomic E-state index is -0.0757. The van der Waals surface area contributed by atoms with Gasteiger partial charge in [-0.05, 0) is 31.2 Å². The number of halogens is 1. The molecule has 0 aliphatic rings. The quantitative estimate of drug-likeness (QED) is 0.380. The molecule has 0 bridgehead atoms. The summed E-state index contributed by atoms with van der Waals surface area (Å²) < 4.78 is 0. The standard InChI is InChI=1S/C18H17ClN6/c1-10-14-8-12(4-7-15(14)24-9-23-10)16(20)17(25-18(21)22)11-2-5-13(19)6-3-11/h2-9H,20H2,1H3,(H4,21,22,25)/b17-16-. The van der Waals surface area contributed by atoms with E-state index in [1.165, 1.54) is 6.33 Å². The van der Waals surface area contributed by atoms with Crippen LogP contribution in [-0.4, -0.2) is 15.9 Å². The van der Waals surface area contributed by atoms with E-state index in [1.807, 2.05) is 37.3 Å². The summed E-state index contributed by atoms with van der Waals surface area (Å²) in [6.45, 7) is 1.92. The molecule has 0 saturated carbocycles. The second kappa shape index (κ2) is 6.78. The van der Waals surface area contributed by atoms with Crippen LogP contribution in [0, 0.1) is 6.92 Å². The van der Waals surface area contributed by atoms with Crippen molar-refractivity contribution in [2.45, 2.75) is 6.92 Å². The molecule has 6 nitrogen and oxygen atoms in total. The van der Waals surface area contributed by atoms with Gasteiger partial charge >= 0.3 is 0 Å². The van der Waals surface area contributed by atoms with Gasteiger partial charge in [0.25, 0.3) is 0 Å². The molecular formula is C18H17ClN6. The van der Waals surface area contributed by atoms with Crippen LogP contribution >= 0.6 is 11.6 Å². The SMILES string of the molecule is Cc1ncnc2ccc(/C(N)=C(/N=C(N)N)c3ccc(Cl)cc3)cc12. The first-order valence-electron chi connectivity index (χ1n) is 7.53. The number of rotatable bonds is 3. The van der Waals surface area contributed by atoms with Crippen molar-refractivity contribution in [2.75, 3.05) is 0 Å². The van der Waals surface area contributed by atoms with E-state index in [0.717, 1.165) is 27.7 Å². The minimum absolute atomic E-state index is 0.0757. The molecule has 1 aromatic heterocycles. The molecule has 3 aromatic rings. The molecule has 6 N–H and O–H groups in total. The lowest BCUT2D eigenvalue weighted by Crippen LogP contribution is -2.23. The number of hydrogen-bond donors (Lipinski definition) is 3. The summed E-state index contributed by atoms with van der Waals surface area (Å²) in [6.07, 6.45) is 1.54. The molecule has 1 heterocycles. The Bertz CT molecular complexity index is 988. The third-order valence-corrected chi connectivity index (χ3v) is 4.01. The monoisotopic (exact) mass is 352 g/mol. The Hall–Kier alpha value is -3.12. The average molecular weight is 353 g/mol. The van der Waals surface area contributed by atoms with E-state index in [0.29, 0.717) is 16.4 Å². The van der Waals surface area contributed by atoms with Crippen molar-refractivity contribution in [2.24, 2.45) is 22.2 Å². The topological polar surface area (TPSA) is 116 Å². The van der Waals surface area contributed by atoms with Crippen molar-refractivity contribution in [3.8, 4) is 0 Å². The zero-order valence-corrected chi connectivity index (χ0v) is 14.3. The van der Waals surface area contributed by atoms with E-state index in [9.17, 15) is 0 Å². The highest BCUT2D eigenvalue weighted by Gasteiger charge is 2.11. The van der Waals surface area contributed by atoms with Gasteiger partial charge in [-0.3, -0.25) is 0 Å². The molecule has 0 saturated heterocycles. The highest BCUT2D eigenvalue weighted by Crippen LogP contribution is 2.27. The maximum Gasteiger partial charge on any atom is 0.191 e. The highest BCUT2D eigenvalue weighted by atomic mass is 35.5. The lowest BCUT2D eigenvalue weighted by Gasteiger charge is -2.11. The van der Waals surface area contributed by atoms with Crippen LogP contribution in [0.15, 0.2) is 53.8 Å². The largest absolute Gasteiger partial charge is 0.396 e. The summed E-state index contributed by atoms with van der Waals surface area (Å²) in [5.74, 6) is -0.0757. The van der Waals surface area contributed by atoms with Crippen LogP contribution in [0.2, 0.25) is 5.02 Å². The van der Waals surface area contributed by atoms with Gasteiger partial charge in [0.2, 0.25) is 0 Å². The first-order valence-corrected chi connectivity index (χ1v) is 7.90. The number of nitrogens with zero attached hydrogens (tertiary/aromatic N) is 3. The van der Waals surface area contributed by atoms with Gasteiger partial charge in [0.1, 0.15) is 6.33 Å². The average Bonchev–Trinajstić information content (AvgIpc) is 2.60. The van der Waals surface area contributed by atoms with Crippen molar-refractivity contribution in [3.63, 3.8) is 0 Å². The predicted molar refractivity (Wildman–Crippen MR) is 103 cm³/mol. The van der Waals surface area contributed by atoms with Crippen LogP contribution in [0.5, 0.6) is 0 Å². The van der Waals surface area contributed by atoms with Gasteiger partial charge in [-0.1, -0.05) is 29.8 Å². The Balaban J connectivity index is 2.21. The summed E-state index contributed by atoms with van der Waals surface area (Å²) in [4.78, 5) is 12.7. The number of benzene rings is 2. The second-order valence-electron chi connectivity index (χ2n) is 5.50. The van der Waals surface area contributed by atoms with Crippen LogP contribution in [0.3, 0.4) is 0 Å². The number of nitrogens with two attached hydrogens (primary N) is 3. The van der Waals surface area contributed by atoms with Crippen LogP contribution in [0.1, 0.15) is 16.8 Å². The zero-order valence-electron chi connectivity index (χ0n) is 13.6. The maximum atomic E-state index is 6.39. The van der Waals surface area contributed by atoms with E-state index in [1.54, 1.807) is 12.1 Å². The van der Waals surface area contributed by atoms with Crippen LogP contribution < -0.4 is 17.2 Å². The summed E-state index contributed by atoms with van der Waals surface area (Å²) in [5.41, 5.74) is 21.7.